The van der Waals surface area contributed by atoms with Crippen LogP contribution in [0.1, 0.15) is 17.3 Å². The van der Waals surface area contributed by atoms with Crippen LogP contribution in [-0.4, -0.2) is 38.5 Å². The summed E-state index contributed by atoms with van der Waals surface area (Å²) in [6.07, 6.45) is -0.930. The van der Waals surface area contributed by atoms with Crippen molar-refractivity contribution in [3.63, 3.8) is 0 Å². The van der Waals surface area contributed by atoms with Gasteiger partial charge in [0, 0.05) is 0 Å². The van der Waals surface area contributed by atoms with Gasteiger partial charge in [0.25, 0.3) is 0 Å². The van der Waals surface area contributed by atoms with Gasteiger partial charge in [-0.3, -0.25) is 0 Å². The zero-order valence-corrected chi connectivity index (χ0v) is 10.4. The van der Waals surface area contributed by atoms with Gasteiger partial charge in [-0.1, -0.05) is 0 Å². The molecule has 17 heavy (non-hydrogen) atoms. The summed E-state index contributed by atoms with van der Waals surface area (Å²) < 4.78 is 27.9. The molecule has 0 unspecified atom stereocenters. The Labute approximate surface area is 100.0 Å². The van der Waals surface area contributed by atoms with Crippen molar-refractivity contribution in [3.05, 3.63) is 29.8 Å². The largest absolute Gasteiger partial charge is 0.465 e. The van der Waals surface area contributed by atoms with E-state index < -0.39 is 21.9 Å². The highest BCUT2D eigenvalue weighted by Crippen LogP contribution is 2.14. The molecule has 0 saturated carbocycles. The number of hydrogen-bond donors (Lipinski definition) is 1. The second-order valence-electron chi connectivity index (χ2n) is 3.65. The Bertz CT molecular complexity index is 487. The van der Waals surface area contributed by atoms with Crippen LogP contribution in [0.2, 0.25) is 0 Å². The summed E-state index contributed by atoms with van der Waals surface area (Å²) in [5.74, 6) is -0.866. The van der Waals surface area contributed by atoms with Gasteiger partial charge in [0.1, 0.15) is 0 Å². The van der Waals surface area contributed by atoms with Crippen LogP contribution >= 0.6 is 0 Å². The van der Waals surface area contributed by atoms with Gasteiger partial charge in [0.15, 0.2) is 9.84 Å². The number of ether oxygens (including phenoxy) is 1. The molecule has 0 fully saturated rings. The van der Waals surface area contributed by atoms with Gasteiger partial charge in [-0.05, 0) is 31.2 Å². The molecule has 0 saturated heterocycles. The Morgan fingerprint density at radius 2 is 1.88 bits per heavy atom. The maximum atomic E-state index is 11.7. The quantitative estimate of drug-likeness (QED) is 0.801. The highest BCUT2D eigenvalue weighted by atomic mass is 32.2. The molecule has 1 aromatic carbocycles. The molecule has 0 aromatic heterocycles. The summed E-state index contributed by atoms with van der Waals surface area (Å²) in [4.78, 5) is 11.2. The number of rotatable bonds is 4. The van der Waals surface area contributed by atoms with Crippen LogP contribution in [0.5, 0.6) is 0 Å². The third-order valence-electron chi connectivity index (χ3n) is 2.10. The fraction of sp³-hybridized carbons (Fsp3) is 0.364. The van der Waals surface area contributed by atoms with E-state index in [-0.39, 0.29) is 16.2 Å². The average molecular weight is 258 g/mol. The van der Waals surface area contributed by atoms with E-state index in [9.17, 15) is 13.2 Å². The number of benzene rings is 1. The minimum Gasteiger partial charge on any atom is -0.465 e. The van der Waals surface area contributed by atoms with E-state index in [1.54, 1.807) is 0 Å². The number of methoxy groups -OCH3 is 1. The average Bonchev–Trinajstić information content (AvgIpc) is 2.26. The lowest BCUT2D eigenvalue weighted by Gasteiger charge is -2.07. The molecule has 0 aliphatic carbocycles. The number of sulfone groups is 1. The standard InChI is InChI=1S/C11H14O5S/c1-8(12)7-17(14,15)10-5-3-9(4-6-10)11(13)16-2/h3-6,8,12H,7H2,1-2H3/t8-/m0/s1. The molecule has 1 atom stereocenters. The second kappa shape index (κ2) is 5.29. The summed E-state index contributed by atoms with van der Waals surface area (Å²) in [5, 5.41) is 9.08. The van der Waals surface area contributed by atoms with E-state index in [1.807, 2.05) is 0 Å². The number of hydrogen-bond acceptors (Lipinski definition) is 5. The molecule has 0 spiro atoms. The van der Waals surface area contributed by atoms with Crippen molar-refractivity contribution in [2.24, 2.45) is 0 Å². The summed E-state index contributed by atoms with van der Waals surface area (Å²) in [5.41, 5.74) is 0.281. The van der Waals surface area contributed by atoms with Crippen molar-refractivity contribution >= 4 is 15.8 Å². The lowest BCUT2D eigenvalue weighted by Crippen LogP contribution is -2.17. The van der Waals surface area contributed by atoms with E-state index in [0.717, 1.165) is 0 Å². The Hall–Kier alpha value is -1.40. The zero-order chi connectivity index (χ0) is 13.1. The SMILES string of the molecule is COC(=O)c1ccc(S(=O)(=O)C[C@H](C)O)cc1. The summed E-state index contributed by atoms with van der Waals surface area (Å²) in [7, 11) is -2.26. The molecule has 0 bridgehead atoms. The Morgan fingerprint density at radius 1 is 1.35 bits per heavy atom. The van der Waals surface area contributed by atoms with E-state index >= 15 is 0 Å². The van der Waals surface area contributed by atoms with Crippen molar-refractivity contribution < 1.29 is 23.1 Å². The van der Waals surface area contributed by atoms with Gasteiger partial charge in [-0.15, -0.1) is 0 Å². The fourth-order valence-electron chi connectivity index (χ4n) is 1.33. The van der Waals surface area contributed by atoms with Gasteiger partial charge in [-0.2, -0.15) is 0 Å². The van der Waals surface area contributed by atoms with E-state index in [2.05, 4.69) is 4.74 Å². The number of aliphatic hydroxyl groups excluding tert-OH is 1. The minimum absolute atomic E-state index is 0.0750. The minimum atomic E-state index is -3.51. The summed E-state index contributed by atoms with van der Waals surface area (Å²) >= 11 is 0. The van der Waals surface area contributed by atoms with E-state index in [1.165, 1.54) is 38.3 Å². The smallest absolute Gasteiger partial charge is 0.337 e. The van der Waals surface area contributed by atoms with Crippen molar-refractivity contribution in [2.45, 2.75) is 17.9 Å². The third-order valence-corrected chi connectivity index (χ3v) is 4.01. The lowest BCUT2D eigenvalue weighted by atomic mass is 10.2. The highest BCUT2D eigenvalue weighted by Gasteiger charge is 2.17. The number of carbonyl (C=O) groups is 1. The zero-order valence-electron chi connectivity index (χ0n) is 9.58. The molecular weight excluding hydrogens is 244 g/mol. The predicted molar refractivity (Wildman–Crippen MR) is 61.5 cm³/mol. The Kier molecular flexibility index (Phi) is 4.25. The van der Waals surface area contributed by atoms with Crippen LogP contribution in [0.15, 0.2) is 29.2 Å². The van der Waals surface area contributed by atoms with Gasteiger partial charge in [0.05, 0.1) is 29.4 Å². The third kappa shape index (κ3) is 3.54. The molecule has 0 aliphatic rings. The Balaban J connectivity index is 2.99. The highest BCUT2D eigenvalue weighted by molar-refractivity contribution is 7.91. The van der Waals surface area contributed by atoms with Crippen molar-refractivity contribution in [2.75, 3.05) is 12.9 Å². The van der Waals surface area contributed by atoms with E-state index in [4.69, 9.17) is 5.11 Å². The molecule has 5 nitrogen and oxygen atoms in total. The molecule has 1 N–H and O–H groups in total. The number of aliphatic hydroxyl groups is 1. The van der Waals surface area contributed by atoms with Crippen LogP contribution in [0.4, 0.5) is 0 Å². The van der Waals surface area contributed by atoms with Crippen LogP contribution in [0, 0.1) is 0 Å². The van der Waals surface area contributed by atoms with E-state index in [0.29, 0.717) is 0 Å². The van der Waals surface area contributed by atoms with Gasteiger partial charge in [-0.25, -0.2) is 13.2 Å². The molecule has 0 amide bonds. The molecule has 0 radical (unpaired) electrons. The first-order chi connectivity index (χ1) is 7.86. The van der Waals surface area contributed by atoms with Gasteiger partial charge < -0.3 is 9.84 Å². The molecule has 0 heterocycles. The van der Waals surface area contributed by atoms with Gasteiger partial charge in [0.2, 0.25) is 0 Å². The van der Waals surface area contributed by atoms with Gasteiger partial charge >= 0.3 is 5.97 Å². The van der Waals surface area contributed by atoms with Crippen molar-refractivity contribution in [3.8, 4) is 0 Å². The van der Waals surface area contributed by atoms with Crippen LogP contribution in [-0.2, 0) is 14.6 Å². The van der Waals surface area contributed by atoms with Crippen molar-refractivity contribution in [1.82, 2.24) is 0 Å². The number of esters is 1. The molecule has 6 heteroatoms. The second-order valence-corrected chi connectivity index (χ2v) is 5.68. The predicted octanol–water partition coefficient (Wildman–Crippen LogP) is 0.628. The number of carbonyl (C=O) groups excluding carboxylic acids is 1. The Morgan fingerprint density at radius 3 is 2.29 bits per heavy atom. The summed E-state index contributed by atoms with van der Waals surface area (Å²) in [6, 6.07) is 5.40. The normalized spacial score (nSPS) is 13.1. The fourth-order valence-corrected chi connectivity index (χ4v) is 2.71. The molecule has 1 rings (SSSR count). The molecule has 94 valence electrons. The topological polar surface area (TPSA) is 80.7 Å². The van der Waals surface area contributed by atoms with Crippen LogP contribution in [0.25, 0.3) is 0 Å². The lowest BCUT2D eigenvalue weighted by molar-refractivity contribution is 0.0600. The monoisotopic (exact) mass is 258 g/mol. The maximum absolute atomic E-state index is 11.7. The first-order valence-corrected chi connectivity index (χ1v) is 6.61. The molecular formula is C11H14O5S. The first-order valence-electron chi connectivity index (χ1n) is 4.96. The maximum Gasteiger partial charge on any atom is 0.337 e. The van der Waals surface area contributed by atoms with Crippen molar-refractivity contribution in [1.29, 1.82) is 0 Å². The molecule has 0 aliphatic heterocycles. The first kappa shape index (κ1) is 13.7. The van der Waals surface area contributed by atoms with Crippen LogP contribution < -0.4 is 0 Å². The summed E-state index contributed by atoms with van der Waals surface area (Å²) in [6.45, 7) is 1.40. The van der Waals surface area contributed by atoms with Crippen LogP contribution in [0.3, 0.4) is 0 Å². The molecule has 1 aromatic rings.